The highest BCUT2D eigenvalue weighted by molar-refractivity contribution is 9.11. The Hall–Kier alpha value is -0.940. The van der Waals surface area contributed by atoms with Crippen molar-refractivity contribution in [3.63, 3.8) is 0 Å². The topological polar surface area (TPSA) is 39.2 Å². The summed E-state index contributed by atoms with van der Waals surface area (Å²) in [5.41, 5.74) is 2.83. The molecule has 0 N–H and O–H groups in total. The zero-order chi connectivity index (χ0) is 15.6. The molecule has 0 bridgehead atoms. The van der Waals surface area contributed by atoms with E-state index in [1.165, 1.54) is 25.5 Å². The van der Waals surface area contributed by atoms with Crippen LogP contribution in [0.15, 0.2) is 16.0 Å². The van der Waals surface area contributed by atoms with Crippen molar-refractivity contribution in [2.75, 3.05) is 7.11 Å². The van der Waals surface area contributed by atoms with Crippen LogP contribution in [-0.2, 0) is 4.74 Å². The summed E-state index contributed by atoms with van der Waals surface area (Å²) in [4.78, 5) is 16.1. The van der Waals surface area contributed by atoms with E-state index in [4.69, 9.17) is 4.74 Å². The van der Waals surface area contributed by atoms with Crippen molar-refractivity contribution in [3.05, 3.63) is 27.2 Å². The highest BCUT2D eigenvalue weighted by Gasteiger charge is 2.28. The number of fused-ring (bicyclic) bond motifs is 1. The number of thiazole rings is 1. The highest BCUT2D eigenvalue weighted by atomic mass is 79.9. The van der Waals surface area contributed by atoms with Crippen LogP contribution in [0.3, 0.4) is 0 Å². The molecule has 1 fully saturated rings. The first kappa shape index (κ1) is 16.4. The maximum Gasteiger partial charge on any atom is 0.337 e. The maximum absolute atomic E-state index is 11.6. The van der Waals surface area contributed by atoms with E-state index >= 15 is 0 Å². The molecule has 5 heteroatoms. The van der Waals surface area contributed by atoms with Gasteiger partial charge in [-0.15, -0.1) is 11.3 Å². The summed E-state index contributed by atoms with van der Waals surface area (Å²) in [6.45, 7) is 6.50. The van der Waals surface area contributed by atoms with E-state index in [2.05, 4.69) is 41.7 Å². The molecular formula is C16H20BrNO2S. The lowest BCUT2D eigenvalue weighted by atomic mass is 10.1. The van der Waals surface area contributed by atoms with Gasteiger partial charge < -0.3 is 4.74 Å². The SMILES string of the molecule is CC(C)C.COC(=O)c1cc(C2CC2)c2nc(Br)sc2c1. The van der Waals surface area contributed by atoms with Crippen LogP contribution >= 0.6 is 27.3 Å². The Morgan fingerprint density at radius 1 is 1.38 bits per heavy atom. The number of aromatic nitrogens is 1. The number of carbonyl (C=O) groups is 1. The number of hydrogen-bond donors (Lipinski definition) is 0. The van der Waals surface area contributed by atoms with E-state index in [-0.39, 0.29) is 5.97 Å². The van der Waals surface area contributed by atoms with E-state index in [0.717, 1.165) is 20.1 Å². The van der Waals surface area contributed by atoms with Crippen molar-refractivity contribution < 1.29 is 9.53 Å². The van der Waals surface area contributed by atoms with Gasteiger partial charge in [-0.1, -0.05) is 20.8 Å². The van der Waals surface area contributed by atoms with Gasteiger partial charge >= 0.3 is 5.97 Å². The van der Waals surface area contributed by atoms with Crippen molar-refractivity contribution in [2.45, 2.75) is 39.5 Å². The van der Waals surface area contributed by atoms with Gasteiger partial charge in [0.05, 0.1) is 22.9 Å². The van der Waals surface area contributed by atoms with Crippen molar-refractivity contribution in [1.82, 2.24) is 4.98 Å². The lowest BCUT2D eigenvalue weighted by Crippen LogP contribution is -2.01. The quantitative estimate of drug-likeness (QED) is 0.666. The number of carbonyl (C=O) groups excluding carboxylic acids is 1. The molecule has 0 amide bonds. The van der Waals surface area contributed by atoms with Gasteiger partial charge in [0.1, 0.15) is 0 Å². The van der Waals surface area contributed by atoms with E-state index in [0.29, 0.717) is 11.5 Å². The van der Waals surface area contributed by atoms with Gasteiger partial charge in [0.25, 0.3) is 0 Å². The summed E-state index contributed by atoms with van der Waals surface area (Å²) in [5.74, 6) is 1.12. The second-order valence-corrected chi connectivity index (χ2v) is 8.18. The summed E-state index contributed by atoms with van der Waals surface area (Å²) in [6, 6.07) is 3.79. The van der Waals surface area contributed by atoms with Gasteiger partial charge in [-0.2, -0.15) is 0 Å². The zero-order valence-electron chi connectivity index (χ0n) is 12.8. The minimum Gasteiger partial charge on any atom is -0.465 e. The molecule has 0 spiro atoms. The van der Waals surface area contributed by atoms with Gasteiger partial charge in [0.15, 0.2) is 3.92 Å². The first-order valence-electron chi connectivity index (χ1n) is 7.10. The fourth-order valence-corrected chi connectivity index (χ4v) is 3.43. The van der Waals surface area contributed by atoms with E-state index in [1.807, 2.05) is 12.1 Å². The molecule has 1 aromatic heterocycles. The Morgan fingerprint density at radius 3 is 2.52 bits per heavy atom. The summed E-state index contributed by atoms with van der Waals surface area (Å²) in [6.07, 6.45) is 2.38. The number of nitrogens with zero attached hydrogens (tertiary/aromatic N) is 1. The summed E-state index contributed by atoms with van der Waals surface area (Å²) >= 11 is 4.95. The number of benzene rings is 1. The summed E-state index contributed by atoms with van der Waals surface area (Å²) in [7, 11) is 1.41. The molecule has 1 saturated carbocycles. The first-order valence-corrected chi connectivity index (χ1v) is 8.71. The molecule has 1 aliphatic carbocycles. The third-order valence-electron chi connectivity index (χ3n) is 2.94. The van der Waals surface area contributed by atoms with Gasteiger partial charge in [-0.3, -0.25) is 0 Å². The molecule has 0 radical (unpaired) electrons. The Labute approximate surface area is 137 Å². The van der Waals surface area contributed by atoms with E-state index in [9.17, 15) is 4.79 Å². The first-order chi connectivity index (χ1) is 9.92. The molecule has 3 rings (SSSR count). The normalized spacial score (nSPS) is 14.0. The van der Waals surface area contributed by atoms with Gasteiger partial charge in [0, 0.05) is 0 Å². The van der Waals surface area contributed by atoms with Crippen LogP contribution in [0.4, 0.5) is 0 Å². The monoisotopic (exact) mass is 369 g/mol. The Bertz CT molecular complexity index is 644. The molecule has 3 nitrogen and oxygen atoms in total. The third-order valence-corrected chi connectivity index (χ3v) is 4.39. The summed E-state index contributed by atoms with van der Waals surface area (Å²) < 4.78 is 6.68. The van der Waals surface area contributed by atoms with Crippen molar-refractivity contribution >= 4 is 43.5 Å². The minimum atomic E-state index is -0.279. The predicted molar refractivity (Wildman–Crippen MR) is 91.1 cm³/mol. The molecule has 0 atom stereocenters. The molecule has 1 heterocycles. The third kappa shape index (κ3) is 4.27. The second-order valence-electron chi connectivity index (χ2n) is 5.88. The Kier molecular flexibility index (Phi) is 5.38. The predicted octanol–water partition coefficient (Wildman–Crippen LogP) is 5.39. The molecule has 0 saturated heterocycles. The molecule has 1 aliphatic rings. The molecule has 0 unspecified atom stereocenters. The van der Waals surface area contributed by atoms with Crippen molar-refractivity contribution in [3.8, 4) is 0 Å². The number of hydrogen-bond acceptors (Lipinski definition) is 4. The largest absolute Gasteiger partial charge is 0.465 e. The van der Waals surface area contributed by atoms with Gasteiger partial charge in [-0.05, 0) is 58.3 Å². The van der Waals surface area contributed by atoms with Gasteiger partial charge in [-0.25, -0.2) is 9.78 Å². The minimum absolute atomic E-state index is 0.279. The second kappa shape index (κ2) is 6.88. The lowest BCUT2D eigenvalue weighted by Gasteiger charge is -2.04. The van der Waals surface area contributed by atoms with E-state index in [1.54, 1.807) is 11.3 Å². The molecule has 0 aliphatic heterocycles. The smallest absolute Gasteiger partial charge is 0.337 e. The van der Waals surface area contributed by atoms with Crippen LogP contribution in [-0.4, -0.2) is 18.1 Å². The van der Waals surface area contributed by atoms with Crippen LogP contribution in [0, 0.1) is 5.92 Å². The number of methoxy groups -OCH3 is 1. The number of halogens is 1. The van der Waals surface area contributed by atoms with Gasteiger partial charge in [0.2, 0.25) is 0 Å². The fraction of sp³-hybridized carbons (Fsp3) is 0.500. The number of ether oxygens (including phenoxy) is 1. The molecular weight excluding hydrogens is 350 g/mol. The Balaban J connectivity index is 0.000000361. The highest BCUT2D eigenvalue weighted by Crippen LogP contribution is 2.44. The van der Waals surface area contributed by atoms with Crippen LogP contribution in [0.25, 0.3) is 10.2 Å². The Morgan fingerprint density at radius 2 is 2.00 bits per heavy atom. The lowest BCUT2D eigenvalue weighted by molar-refractivity contribution is 0.0601. The number of esters is 1. The molecule has 21 heavy (non-hydrogen) atoms. The zero-order valence-corrected chi connectivity index (χ0v) is 15.2. The standard InChI is InChI=1S/C12H10BrNO2S.C4H10/c1-16-11(15)7-4-8(6-2-3-6)10-9(5-7)17-12(13)14-10;1-4(2)3/h4-6H,2-3H2,1H3;4H,1-3H3. The number of rotatable bonds is 2. The molecule has 114 valence electrons. The van der Waals surface area contributed by atoms with Crippen LogP contribution in [0.2, 0.25) is 0 Å². The molecule has 1 aromatic carbocycles. The van der Waals surface area contributed by atoms with Crippen molar-refractivity contribution in [2.24, 2.45) is 5.92 Å². The maximum atomic E-state index is 11.6. The molecule has 2 aromatic rings. The van der Waals surface area contributed by atoms with Crippen molar-refractivity contribution in [1.29, 1.82) is 0 Å². The van der Waals surface area contributed by atoms with E-state index < -0.39 is 0 Å². The van der Waals surface area contributed by atoms with Crippen LogP contribution < -0.4 is 0 Å². The average molecular weight is 370 g/mol. The van der Waals surface area contributed by atoms with Crippen LogP contribution in [0.1, 0.15) is 55.5 Å². The average Bonchev–Trinajstić information content (AvgIpc) is 3.17. The van der Waals surface area contributed by atoms with Crippen LogP contribution in [0.5, 0.6) is 0 Å². The fourth-order valence-electron chi connectivity index (χ4n) is 1.97. The summed E-state index contributed by atoms with van der Waals surface area (Å²) in [5, 5.41) is 0.